The predicted molar refractivity (Wildman–Crippen MR) is 81.0 cm³/mol. The molecule has 0 aliphatic carbocycles. The molecule has 0 bridgehead atoms. The number of pyridine rings is 1. The zero-order chi connectivity index (χ0) is 13.4. The minimum atomic E-state index is 0.513. The van der Waals surface area contributed by atoms with E-state index < -0.39 is 0 Å². The van der Waals surface area contributed by atoms with Crippen molar-refractivity contribution in [1.82, 2.24) is 9.88 Å². The summed E-state index contributed by atoms with van der Waals surface area (Å²) < 4.78 is 0. The van der Waals surface area contributed by atoms with Gasteiger partial charge in [-0.15, -0.1) is 11.6 Å². The molecule has 0 saturated carbocycles. The standard InChI is InChI=1S/C15H16Cl2N2/c1-2-19-6-5-15-13(9-19)12(8-16)11-7-10(17)3-4-14(11)18-15/h3-4,7H,2,5-6,8-9H2,1H3. The van der Waals surface area contributed by atoms with Crippen molar-refractivity contribution < 1.29 is 0 Å². The van der Waals surface area contributed by atoms with E-state index in [-0.39, 0.29) is 0 Å². The molecule has 2 heterocycles. The van der Waals surface area contributed by atoms with E-state index >= 15 is 0 Å². The molecule has 0 unspecified atom stereocenters. The van der Waals surface area contributed by atoms with E-state index in [1.807, 2.05) is 18.2 Å². The monoisotopic (exact) mass is 294 g/mol. The van der Waals surface area contributed by atoms with Crippen molar-refractivity contribution in [1.29, 1.82) is 0 Å². The van der Waals surface area contributed by atoms with Crippen LogP contribution in [0.5, 0.6) is 0 Å². The molecule has 1 aliphatic rings. The third-order valence-corrected chi connectivity index (χ3v) is 4.38. The van der Waals surface area contributed by atoms with Gasteiger partial charge in [-0.3, -0.25) is 9.88 Å². The molecule has 3 rings (SSSR count). The van der Waals surface area contributed by atoms with Crippen molar-refractivity contribution in [2.75, 3.05) is 13.1 Å². The normalized spacial score (nSPS) is 15.7. The maximum Gasteiger partial charge on any atom is 0.0709 e. The number of hydrogen-bond donors (Lipinski definition) is 0. The summed E-state index contributed by atoms with van der Waals surface area (Å²) in [6, 6.07) is 5.86. The summed E-state index contributed by atoms with van der Waals surface area (Å²) in [4.78, 5) is 7.22. The van der Waals surface area contributed by atoms with Gasteiger partial charge in [-0.2, -0.15) is 0 Å². The molecule has 2 nitrogen and oxygen atoms in total. The molecular weight excluding hydrogens is 279 g/mol. The Bertz CT molecular complexity index is 625. The molecule has 0 spiro atoms. The number of alkyl halides is 1. The molecule has 0 saturated heterocycles. The molecule has 1 aliphatic heterocycles. The van der Waals surface area contributed by atoms with Gasteiger partial charge >= 0.3 is 0 Å². The third kappa shape index (κ3) is 2.33. The van der Waals surface area contributed by atoms with Crippen molar-refractivity contribution >= 4 is 34.1 Å². The van der Waals surface area contributed by atoms with Crippen LogP contribution in [0.3, 0.4) is 0 Å². The van der Waals surface area contributed by atoms with Crippen LogP contribution in [-0.2, 0) is 18.8 Å². The summed E-state index contributed by atoms with van der Waals surface area (Å²) in [6.07, 6.45) is 1.01. The Hall–Kier alpha value is -0.830. The van der Waals surface area contributed by atoms with Crippen LogP contribution in [0.15, 0.2) is 18.2 Å². The van der Waals surface area contributed by atoms with E-state index in [2.05, 4.69) is 11.8 Å². The molecule has 100 valence electrons. The number of rotatable bonds is 2. The minimum Gasteiger partial charge on any atom is -0.299 e. The molecule has 0 atom stereocenters. The van der Waals surface area contributed by atoms with Gasteiger partial charge in [-0.1, -0.05) is 18.5 Å². The Morgan fingerprint density at radius 2 is 2.21 bits per heavy atom. The van der Waals surface area contributed by atoms with Gasteiger partial charge in [-0.05, 0) is 35.9 Å². The van der Waals surface area contributed by atoms with Crippen LogP contribution in [0.2, 0.25) is 5.02 Å². The van der Waals surface area contributed by atoms with Crippen LogP contribution < -0.4 is 0 Å². The fourth-order valence-corrected chi connectivity index (χ4v) is 3.26. The predicted octanol–water partition coefficient (Wildman–Crippen LogP) is 4.01. The molecule has 2 aromatic rings. The summed E-state index contributed by atoms with van der Waals surface area (Å²) in [7, 11) is 0. The highest BCUT2D eigenvalue weighted by Gasteiger charge is 2.21. The number of aromatic nitrogens is 1. The van der Waals surface area contributed by atoms with Crippen LogP contribution in [0.25, 0.3) is 10.9 Å². The minimum absolute atomic E-state index is 0.513. The Morgan fingerprint density at radius 1 is 1.37 bits per heavy atom. The maximum atomic E-state index is 6.20. The first kappa shape index (κ1) is 13.2. The lowest BCUT2D eigenvalue weighted by atomic mass is 9.97. The first-order chi connectivity index (χ1) is 9.22. The number of halogens is 2. The Kier molecular flexibility index (Phi) is 3.66. The van der Waals surface area contributed by atoms with Gasteiger partial charge in [0.15, 0.2) is 0 Å². The summed E-state index contributed by atoms with van der Waals surface area (Å²) in [6.45, 7) is 5.28. The summed E-state index contributed by atoms with van der Waals surface area (Å²) in [5.74, 6) is 0.513. The largest absolute Gasteiger partial charge is 0.299 e. The first-order valence-corrected chi connectivity index (χ1v) is 7.52. The number of benzene rings is 1. The number of fused-ring (bicyclic) bond motifs is 2. The molecule has 0 N–H and O–H groups in total. The van der Waals surface area contributed by atoms with Crippen molar-refractivity contribution in [2.45, 2.75) is 25.8 Å². The van der Waals surface area contributed by atoms with E-state index in [1.165, 1.54) is 16.8 Å². The molecule has 1 aromatic heterocycles. The van der Waals surface area contributed by atoms with Gasteiger partial charge in [0.2, 0.25) is 0 Å². The van der Waals surface area contributed by atoms with Crippen LogP contribution in [-0.4, -0.2) is 23.0 Å². The first-order valence-electron chi connectivity index (χ1n) is 6.61. The fraction of sp³-hybridized carbons (Fsp3) is 0.400. The molecular formula is C15H16Cl2N2. The van der Waals surface area contributed by atoms with E-state index in [1.54, 1.807) is 0 Å². The Balaban J connectivity index is 2.23. The zero-order valence-electron chi connectivity index (χ0n) is 10.9. The second-order valence-corrected chi connectivity index (χ2v) is 5.63. The van der Waals surface area contributed by atoms with Crippen LogP contribution in [0.4, 0.5) is 0 Å². The molecule has 0 radical (unpaired) electrons. The number of nitrogens with zero attached hydrogens (tertiary/aromatic N) is 2. The lowest BCUT2D eigenvalue weighted by Gasteiger charge is -2.29. The van der Waals surface area contributed by atoms with Crippen LogP contribution in [0.1, 0.15) is 23.7 Å². The van der Waals surface area contributed by atoms with Gasteiger partial charge in [-0.25, -0.2) is 0 Å². The second kappa shape index (κ2) is 5.28. The van der Waals surface area contributed by atoms with E-state index in [9.17, 15) is 0 Å². The molecule has 0 amide bonds. The highest BCUT2D eigenvalue weighted by molar-refractivity contribution is 6.31. The van der Waals surface area contributed by atoms with E-state index in [0.717, 1.165) is 42.0 Å². The Labute approximate surface area is 123 Å². The van der Waals surface area contributed by atoms with Gasteiger partial charge in [0.1, 0.15) is 0 Å². The van der Waals surface area contributed by atoms with Gasteiger partial charge in [0.05, 0.1) is 5.52 Å². The highest BCUT2D eigenvalue weighted by Crippen LogP contribution is 2.30. The molecule has 0 fully saturated rings. The highest BCUT2D eigenvalue weighted by atomic mass is 35.5. The van der Waals surface area contributed by atoms with Crippen molar-refractivity contribution in [2.24, 2.45) is 0 Å². The fourth-order valence-electron chi connectivity index (χ4n) is 2.78. The van der Waals surface area contributed by atoms with Gasteiger partial charge < -0.3 is 0 Å². The average molecular weight is 295 g/mol. The average Bonchev–Trinajstić information content (AvgIpc) is 2.44. The topological polar surface area (TPSA) is 16.1 Å². The maximum absolute atomic E-state index is 6.20. The van der Waals surface area contributed by atoms with Crippen molar-refractivity contribution in [3.63, 3.8) is 0 Å². The lowest BCUT2D eigenvalue weighted by Crippen LogP contribution is -2.31. The van der Waals surface area contributed by atoms with Crippen LogP contribution in [0, 0.1) is 0 Å². The van der Waals surface area contributed by atoms with Crippen molar-refractivity contribution in [3.05, 3.63) is 40.0 Å². The van der Waals surface area contributed by atoms with E-state index in [0.29, 0.717) is 5.88 Å². The zero-order valence-corrected chi connectivity index (χ0v) is 12.4. The van der Waals surface area contributed by atoms with E-state index in [4.69, 9.17) is 28.2 Å². The third-order valence-electron chi connectivity index (χ3n) is 3.88. The number of hydrogen-bond acceptors (Lipinski definition) is 2. The quantitative estimate of drug-likeness (QED) is 0.778. The van der Waals surface area contributed by atoms with Crippen LogP contribution >= 0.6 is 23.2 Å². The SMILES string of the molecule is CCN1CCc2nc3ccc(Cl)cc3c(CCl)c2C1. The summed E-state index contributed by atoms with van der Waals surface area (Å²) >= 11 is 12.3. The molecule has 1 aromatic carbocycles. The number of likely N-dealkylation sites (N-methyl/N-ethyl adjacent to an activating group) is 1. The molecule has 19 heavy (non-hydrogen) atoms. The van der Waals surface area contributed by atoms with Gasteiger partial charge in [0, 0.05) is 41.5 Å². The summed E-state index contributed by atoms with van der Waals surface area (Å²) in [5.41, 5.74) is 4.71. The summed E-state index contributed by atoms with van der Waals surface area (Å²) in [5, 5.41) is 1.84. The van der Waals surface area contributed by atoms with Gasteiger partial charge in [0.25, 0.3) is 0 Å². The lowest BCUT2D eigenvalue weighted by molar-refractivity contribution is 0.265. The second-order valence-electron chi connectivity index (χ2n) is 4.93. The van der Waals surface area contributed by atoms with Crippen molar-refractivity contribution in [3.8, 4) is 0 Å². The Morgan fingerprint density at radius 3 is 2.95 bits per heavy atom. The smallest absolute Gasteiger partial charge is 0.0709 e. The molecule has 4 heteroatoms.